The molecule has 10 heteroatoms. The number of nitrogens with zero attached hydrogens (tertiary/aromatic N) is 4. The van der Waals surface area contributed by atoms with E-state index in [1.807, 2.05) is 0 Å². The zero-order valence-corrected chi connectivity index (χ0v) is 22.8. The van der Waals surface area contributed by atoms with Crippen molar-refractivity contribution in [2.75, 3.05) is 0 Å². The van der Waals surface area contributed by atoms with E-state index in [1.54, 1.807) is 59.9 Å². The molecule has 0 radical (unpaired) electrons. The molecule has 0 fully saturated rings. The maximum atomic E-state index is 14.0. The Hall–Kier alpha value is -4.05. The van der Waals surface area contributed by atoms with Crippen LogP contribution in [0.2, 0.25) is 0 Å². The van der Waals surface area contributed by atoms with Crippen molar-refractivity contribution in [1.82, 2.24) is 20.2 Å². The van der Waals surface area contributed by atoms with Crippen molar-refractivity contribution in [2.24, 2.45) is 7.05 Å². The van der Waals surface area contributed by atoms with Crippen molar-refractivity contribution in [3.63, 3.8) is 0 Å². The molecule has 0 bridgehead atoms. The number of aromatic nitrogens is 4. The molecule has 8 nitrogen and oxygen atoms in total. The first-order valence-electron chi connectivity index (χ1n) is 12.3. The normalized spacial score (nSPS) is 12.4. The lowest BCUT2D eigenvalue weighted by molar-refractivity contribution is -0.156. The van der Waals surface area contributed by atoms with Gasteiger partial charge in [-0.15, -0.1) is 5.10 Å². The number of tetrazole rings is 1. The van der Waals surface area contributed by atoms with Crippen LogP contribution < -0.4 is 0 Å². The monoisotopic (exact) mass is 538 g/mol. The Morgan fingerprint density at radius 1 is 1.05 bits per heavy atom. The van der Waals surface area contributed by atoms with Gasteiger partial charge < -0.3 is 9.84 Å². The number of benzene rings is 2. The Morgan fingerprint density at radius 2 is 1.62 bits per heavy atom. The SMILES string of the molecule is Cc1cc(F)ccc1C(=C(/C=C/C(O)CC(=O)CC(=O)OC(C)(C)C)c1nnnn1C)c1ccc(F)cc1C. The highest BCUT2D eigenvalue weighted by Crippen LogP contribution is 2.36. The van der Waals surface area contributed by atoms with E-state index in [2.05, 4.69) is 15.5 Å². The first-order chi connectivity index (χ1) is 18.2. The Morgan fingerprint density at radius 3 is 2.08 bits per heavy atom. The van der Waals surface area contributed by atoms with Gasteiger partial charge in [-0.25, -0.2) is 13.5 Å². The molecule has 1 atom stereocenters. The van der Waals surface area contributed by atoms with E-state index in [0.717, 1.165) is 0 Å². The molecule has 0 aliphatic rings. The summed E-state index contributed by atoms with van der Waals surface area (Å²) in [6, 6.07) is 8.63. The molecule has 0 saturated carbocycles. The van der Waals surface area contributed by atoms with Gasteiger partial charge in [0.25, 0.3) is 0 Å². The van der Waals surface area contributed by atoms with Gasteiger partial charge in [0.15, 0.2) is 5.82 Å². The molecule has 206 valence electrons. The summed E-state index contributed by atoms with van der Waals surface area (Å²) in [4.78, 5) is 24.4. The van der Waals surface area contributed by atoms with E-state index in [0.29, 0.717) is 39.2 Å². The first-order valence-corrected chi connectivity index (χ1v) is 12.3. The minimum absolute atomic E-state index is 0.319. The van der Waals surface area contributed by atoms with Crippen LogP contribution in [0.5, 0.6) is 0 Å². The van der Waals surface area contributed by atoms with E-state index < -0.39 is 41.5 Å². The molecule has 2 aromatic carbocycles. The van der Waals surface area contributed by atoms with E-state index in [4.69, 9.17) is 4.74 Å². The van der Waals surface area contributed by atoms with Crippen molar-refractivity contribution >= 4 is 22.9 Å². The van der Waals surface area contributed by atoms with Gasteiger partial charge in [-0.2, -0.15) is 0 Å². The summed E-state index contributed by atoms with van der Waals surface area (Å²) in [5.41, 5.74) is 2.81. The molecule has 1 N–H and O–H groups in total. The quantitative estimate of drug-likeness (QED) is 0.240. The van der Waals surface area contributed by atoms with E-state index in [9.17, 15) is 23.5 Å². The lowest BCUT2D eigenvalue weighted by Gasteiger charge is -2.19. The number of Topliss-reactive ketones (excluding diaryl/α,β-unsaturated/α-hetero) is 1. The molecule has 0 amide bonds. The molecule has 39 heavy (non-hydrogen) atoms. The Labute approximate surface area is 226 Å². The molecule has 1 heterocycles. The van der Waals surface area contributed by atoms with Gasteiger partial charge in [0, 0.05) is 24.6 Å². The van der Waals surface area contributed by atoms with Crippen LogP contribution in [0.15, 0.2) is 48.6 Å². The number of carbonyl (C=O) groups excluding carboxylic acids is 2. The van der Waals surface area contributed by atoms with Gasteiger partial charge in [0.1, 0.15) is 29.4 Å². The lowest BCUT2D eigenvalue weighted by Crippen LogP contribution is -2.26. The molecular formula is C29H32F2N4O4. The van der Waals surface area contributed by atoms with Crippen LogP contribution in [0.4, 0.5) is 8.78 Å². The number of halogens is 2. The van der Waals surface area contributed by atoms with Crippen LogP contribution in [-0.2, 0) is 21.4 Å². The van der Waals surface area contributed by atoms with Crippen LogP contribution >= 0.6 is 0 Å². The maximum Gasteiger partial charge on any atom is 0.313 e. The van der Waals surface area contributed by atoms with Crippen LogP contribution in [0.1, 0.15) is 61.7 Å². The third kappa shape index (κ3) is 7.97. The number of hydrogen-bond acceptors (Lipinski definition) is 7. The molecule has 0 spiro atoms. The number of aryl methyl sites for hydroxylation is 3. The number of allylic oxidation sites excluding steroid dienone is 2. The third-order valence-electron chi connectivity index (χ3n) is 5.73. The molecule has 0 saturated heterocycles. The predicted octanol–water partition coefficient (Wildman–Crippen LogP) is 4.67. The number of esters is 1. The number of hydrogen-bond donors (Lipinski definition) is 1. The number of aliphatic hydroxyl groups is 1. The predicted molar refractivity (Wildman–Crippen MR) is 142 cm³/mol. The van der Waals surface area contributed by atoms with Crippen molar-refractivity contribution in [1.29, 1.82) is 0 Å². The second-order valence-electron chi connectivity index (χ2n) is 10.3. The third-order valence-corrected chi connectivity index (χ3v) is 5.73. The summed E-state index contributed by atoms with van der Waals surface area (Å²) in [5, 5.41) is 22.4. The molecular weight excluding hydrogens is 506 g/mol. The fourth-order valence-electron chi connectivity index (χ4n) is 4.10. The second kappa shape index (κ2) is 12.2. The molecule has 3 aromatic rings. The smallest absolute Gasteiger partial charge is 0.313 e. The number of ketones is 1. The van der Waals surface area contributed by atoms with Gasteiger partial charge in [0.05, 0.1) is 6.10 Å². The Bertz CT molecular complexity index is 1380. The van der Waals surface area contributed by atoms with Gasteiger partial charge in [-0.1, -0.05) is 24.3 Å². The van der Waals surface area contributed by atoms with Crippen molar-refractivity contribution < 1.29 is 28.2 Å². The minimum atomic E-state index is -1.24. The number of ether oxygens (including phenoxy) is 1. The summed E-state index contributed by atoms with van der Waals surface area (Å²) >= 11 is 0. The average Bonchev–Trinajstić information content (AvgIpc) is 3.22. The van der Waals surface area contributed by atoms with Crippen LogP contribution in [0.3, 0.4) is 0 Å². The van der Waals surface area contributed by atoms with E-state index >= 15 is 0 Å². The largest absolute Gasteiger partial charge is 0.460 e. The summed E-state index contributed by atoms with van der Waals surface area (Å²) in [6.07, 6.45) is 0.946. The van der Waals surface area contributed by atoms with Crippen molar-refractivity contribution in [3.05, 3.63) is 88.3 Å². The zero-order valence-electron chi connectivity index (χ0n) is 22.8. The van der Waals surface area contributed by atoms with Gasteiger partial charge in [-0.3, -0.25) is 9.59 Å². The minimum Gasteiger partial charge on any atom is -0.460 e. The second-order valence-corrected chi connectivity index (χ2v) is 10.3. The Kier molecular flexibility index (Phi) is 9.24. The highest BCUT2D eigenvalue weighted by atomic mass is 19.1. The lowest BCUT2D eigenvalue weighted by atomic mass is 9.87. The van der Waals surface area contributed by atoms with Crippen molar-refractivity contribution in [3.8, 4) is 0 Å². The number of aliphatic hydroxyl groups excluding tert-OH is 1. The summed E-state index contributed by atoms with van der Waals surface area (Å²) in [6.45, 7) is 8.59. The fraction of sp³-hybridized carbons (Fsp3) is 0.345. The van der Waals surface area contributed by atoms with Gasteiger partial charge >= 0.3 is 5.97 Å². The molecule has 1 aromatic heterocycles. The number of carbonyl (C=O) groups is 2. The highest BCUT2D eigenvalue weighted by molar-refractivity contribution is 6.02. The van der Waals surface area contributed by atoms with E-state index in [1.165, 1.54) is 35.0 Å². The van der Waals surface area contributed by atoms with E-state index in [-0.39, 0.29) is 6.42 Å². The van der Waals surface area contributed by atoms with Gasteiger partial charge in [-0.05, 0) is 91.6 Å². The summed E-state index contributed by atoms with van der Waals surface area (Å²) in [7, 11) is 1.64. The first kappa shape index (κ1) is 29.5. The highest BCUT2D eigenvalue weighted by Gasteiger charge is 2.22. The average molecular weight is 539 g/mol. The van der Waals surface area contributed by atoms with Crippen LogP contribution in [0, 0.1) is 25.5 Å². The zero-order chi connectivity index (χ0) is 28.9. The number of rotatable bonds is 9. The van der Waals surface area contributed by atoms with Gasteiger partial charge in [0.2, 0.25) is 0 Å². The van der Waals surface area contributed by atoms with Crippen molar-refractivity contribution in [2.45, 2.75) is 59.2 Å². The molecule has 1 unspecified atom stereocenters. The van der Waals surface area contributed by atoms with Crippen LogP contribution in [-0.4, -0.2) is 48.8 Å². The fourth-order valence-corrected chi connectivity index (χ4v) is 4.10. The summed E-state index contributed by atoms with van der Waals surface area (Å²) in [5.74, 6) is -1.67. The Balaban J connectivity index is 2.09. The summed E-state index contributed by atoms with van der Waals surface area (Å²) < 4.78 is 34.7. The maximum absolute atomic E-state index is 14.0. The molecule has 3 rings (SSSR count). The molecule has 0 aliphatic carbocycles. The molecule has 0 aliphatic heterocycles. The topological polar surface area (TPSA) is 107 Å². The van der Waals surface area contributed by atoms with Crippen LogP contribution in [0.25, 0.3) is 11.1 Å². The standard InChI is InChI=1S/C29H32F2N4O4/c1-17-13-19(30)7-10-23(17)27(24-11-8-20(31)14-18(24)2)25(28-32-33-34-35(28)6)12-9-21(36)15-22(37)16-26(38)39-29(3,4)5/h7-14,21,36H,15-16H2,1-6H3/b12-9+.